The fraction of sp³-hybridized carbons (Fsp3) is 0.286. The van der Waals surface area contributed by atoms with E-state index in [-0.39, 0.29) is 24.9 Å². The molecule has 0 radical (unpaired) electrons. The molecule has 2 aromatic rings. The minimum Gasteiger partial charge on any atom is -0.455 e. The van der Waals surface area contributed by atoms with E-state index in [0.717, 1.165) is 5.56 Å². The summed E-state index contributed by atoms with van der Waals surface area (Å²) in [5.74, 6) is -1.65. The monoisotopic (exact) mass is 400 g/mol. The summed E-state index contributed by atoms with van der Waals surface area (Å²) < 4.78 is 5.11. The smallest absolute Gasteiger partial charge is 0.311 e. The highest BCUT2D eigenvalue weighted by Crippen LogP contribution is 2.29. The van der Waals surface area contributed by atoms with E-state index < -0.39 is 24.4 Å². The molecule has 0 unspecified atom stereocenters. The van der Waals surface area contributed by atoms with Crippen LogP contribution in [0.1, 0.15) is 24.9 Å². The van der Waals surface area contributed by atoms with Crippen molar-refractivity contribution >= 4 is 35.1 Å². The summed E-state index contributed by atoms with van der Waals surface area (Å²) in [4.78, 5) is 38.3. The molecule has 1 saturated heterocycles. The first-order valence-electron chi connectivity index (χ1n) is 9.00. The minimum atomic E-state index is -0.568. The van der Waals surface area contributed by atoms with Gasteiger partial charge in [0.25, 0.3) is 5.91 Å². The molecule has 6 nitrogen and oxygen atoms in total. The molecule has 1 aliphatic heterocycles. The lowest BCUT2D eigenvalue weighted by Gasteiger charge is -2.25. The van der Waals surface area contributed by atoms with E-state index in [9.17, 15) is 14.4 Å². The fourth-order valence-corrected chi connectivity index (χ4v) is 3.29. The molecule has 0 aliphatic carbocycles. The number of esters is 1. The van der Waals surface area contributed by atoms with Crippen LogP contribution in [0.2, 0.25) is 5.02 Å². The maximum Gasteiger partial charge on any atom is 0.311 e. The SMILES string of the molecule is C[C@H](c1ccccc1)N1C[C@@H](C(=O)OCC(=O)Nc2ccc(Cl)cc2)CC1=O. The fourth-order valence-electron chi connectivity index (χ4n) is 3.16. The van der Waals surface area contributed by atoms with Gasteiger partial charge in [0.1, 0.15) is 0 Å². The van der Waals surface area contributed by atoms with Gasteiger partial charge in [-0.25, -0.2) is 0 Å². The highest BCUT2D eigenvalue weighted by atomic mass is 35.5. The van der Waals surface area contributed by atoms with Crippen molar-refractivity contribution in [3.63, 3.8) is 0 Å². The number of rotatable bonds is 6. The number of likely N-dealkylation sites (tertiary alicyclic amines) is 1. The van der Waals surface area contributed by atoms with Gasteiger partial charge >= 0.3 is 5.97 Å². The first kappa shape index (κ1) is 19.9. The van der Waals surface area contributed by atoms with Crippen molar-refractivity contribution in [1.82, 2.24) is 4.90 Å². The molecule has 1 N–H and O–H groups in total. The van der Waals surface area contributed by atoms with Gasteiger partial charge in [-0.15, -0.1) is 0 Å². The zero-order valence-electron chi connectivity index (χ0n) is 15.4. The van der Waals surface area contributed by atoms with Crippen molar-refractivity contribution in [2.45, 2.75) is 19.4 Å². The van der Waals surface area contributed by atoms with Crippen molar-refractivity contribution in [3.05, 3.63) is 65.2 Å². The number of halogens is 1. The van der Waals surface area contributed by atoms with Gasteiger partial charge in [0.15, 0.2) is 6.61 Å². The second-order valence-corrected chi connectivity index (χ2v) is 7.13. The van der Waals surface area contributed by atoms with Crippen molar-refractivity contribution in [2.24, 2.45) is 5.92 Å². The number of hydrogen-bond donors (Lipinski definition) is 1. The van der Waals surface area contributed by atoms with Gasteiger partial charge < -0.3 is 15.0 Å². The highest BCUT2D eigenvalue weighted by Gasteiger charge is 2.38. The summed E-state index contributed by atoms with van der Waals surface area (Å²) >= 11 is 5.79. The first-order chi connectivity index (χ1) is 13.4. The van der Waals surface area contributed by atoms with E-state index in [0.29, 0.717) is 10.7 Å². The number of nitrogens with one attached hydrogen (secondary N) is 1. The van der Waals surface area contributed by atoms with Crippen molar-refractivity contribution < 1.29 is 19.1 Å². The summed E-state index contributed by atoms with van der Waals surface area (Å²) in [5.41, 5.74) is 1.57. The van der Waals surface area contributed by atoms with Gasteiger partial charge in [0.05, 0.1) is 12.0 Å². The van der Waals surface area contributed by atoms with Crippen LogP contribution in [0.15, 0.2) is 54.6 Å². The molecular weight excluding hydrogens is 380 g/mol. The first-order valence-corrected chi connectivity index (χ1v) is 9.38. The third-order valence-electron chi connectivity index (χ3n) is 4.71. The Morgan fingerprint density at radius 2 is 1.86 bits per heavy atom. The molecule has 0 bridgehead atoms. The summed E-state index contributed by atoms with van der Waals surface area (Å²) in [6, 6.07) is 16.1. The van der Waals surface area contributed by atoms with Crippen LogP contribution in [0, 0.1) is 5.92 Å². The van der Waals surface area contributed by atoms with Crippen LogP contribution in [-0.4, -0.2) is 35.8 Å². The predicted molar refractivity (Wildman–Crippen MR) is 106 cm³/mol. The average molecular weight is 401 g/mol. The second kappa shape index (κ2) is 8.89. The summed E-state index contributed by atoms with van der Waals surface area (Å²) in [6.45, 7) is 1.81. The molecule has 7 heteroatoms. The molecule has 2 amide bonds. The molecule has 0 saturated carbocycles. The molecule has 28 heavy (non-hydrogen) atoms. The van der Waals surface area contributed by atoms with E-state index in [1.165, 1.54) is 0 Å². The Morgan fingerprint density at radius 1 is 1.18 bits per heavy atom. The van der Waals surface area contributed by atoms with Crippen molar-refractivity contribution in [1.29, 1.82) is 0 Å². The molecule has 1 aliphatic rings. The van der Waals surface area contributed by atoms with E-state index in [1.807, 2.05) is 37.3 Å². The van der Waals surface area contributed by atoms with Gasteiger partial charge in [-0.3, -0.25) is 14.4 Å². The molecule has 2 aromatic carbocycles. The topological polar surface area (TPSA) is 75.7 Å². The minimum absolute atomic E-state index is 0.0921. The van der Waals surface area contributed by atoms with Crippen LogP contribution in [0.4, 0.5) is 5.69 Å². The number of carbonyl (C=O) groups is 3. The van der Waals surface area contributed by atoms with E-state index in [1.54, 1.807) is 29.2 Å². The number of carbonyl (C=O) groups excluding carboxylic acids is 3. The summed E-state index contributed by atoms with van der Waals surface area (Å²) in [5, 5.41) is 3.18. The van der Waals surface area contributed by atoms with Crippen molar-refractivity contribution in [3.8, 4) is 0 Å². The Hall–Kier alpha value is -2.86. The maximum atomic E-state index is 12.3. The van der Waals surface area contributed by atoms with Crippen molar-refractivity contribution in [2.75, 3.05) is 18.5 Å². The number of nitrogens with zero attached hydrogens (tertiary/aromatic N) is 1. The predicted octanol–water partition coefficient (Wildman–Crippen LogP) is 3.43. The van der Waals surface area contributed by atoms with Gasteiger partial charge in [-0.2, -0.15) is 0 Å². The molecule has 1 heterocycles. The number of anilines is 1. The number of hydrogen-bond acceptors (Lipinski definition) is 4. The third-order valence-corrected chi connectivity index (χ3v) is 4.97. The van der Waals surface area contributed by atoms with Gasteiger partial charge in [-0.05, 0) is 36.8 Å². The largest absolute Gasteiger partial charge is 0.455 e. The number of benzene rings is 2. The van der Waals surface area contributed by atoms with Crippen LogP contribution in [0.25, 0.3) is 0 Å². The van der Waals surface area contributed by atoms with Gasteiger partial charge in [-0.1, -0.05) is 41.9 Å². The number of ether oxygens (including phenoxy) is 1. The summed E-state index contributed by atoms with van der Waals surface area (Å²) in [7, 11) is 0. The molecule has 3 rings (SSSR count). The molecule has 146 valence electrons. The van der Waals surface area contributed by atoms with Crippen LogP contribution >= 0.6 is 11.6 Å². The average Bonchev–Trinajstić information content (AvgIpc) is 3.10. The number of amides is 2. The molecule has 2 atom stereocenters. The van der Waals surface area contributed by atoms with Gasteiger partial charge in [0.2, 0.25) is 5.91 Å². The Kier molecular flexibility index (Phi) is 6.31. The van der Waals surface area contributed by atoms with E-state index in [2.05, 4.69) is 5.32 Å². The maximum absolute atomic E-state index is 12.3. The molecule has 0 spiro atoms. The van der Waals surface area contributed by atoms with Crippen LogP contribution < -0.4 is 5.32 Å². The van der Waals surface area contributed by atoms with Crippen LogP contribution in [-0.2, 0) is 19.1 Å². The third kappa shape index (κ3) is 4.89. The normalized spacial score (nSPS) is 17.3. The lowest BCUT2D eigenvalue weighted by molar-refractivity contribution is -0.151. The summed E-state index contributed by atoms with van der Waals surface area (Å²) in [6.07, 6.45) is 0.0921. The zero-order chi connectivity index (χ0) is 20.1. The lowest BCUT2D eigenvalue weighted by Crippen LogP contribution is -2.30. The van der Waals surface area contributed by atoms with E-state index >= 15 is 0 Å². The quantitative estimate of drug-likeness (QED) is 0.754. The molecule has 0 aromatic heterocycles. The Morgan fingerprint density at radius 3 is 2.54 bits per heavy atom. The van der Waals surface area contributed by atoms with Gasteiger partial charge in [0, 0.05) is 23.7 Å². The highest BCUT2D eigenvalue weighted by molar-refractivity contribution is 6.30. The zero-order valence-corrected chi connectivity index (χ0v) is 16.2. The van der Waals surface area contributed by atoms with Crippen LogP contribution in [0.3, 0.4) is 0 Å². The Balaban J connectivity index is 1.50. The van der Waals surface area contributed by atoms with E-state index in [4.69, 9.17) is 16.3 Å². The second-order valence-electron chi connectivity index (χ2n) is 6.70. The van der Waals surface area contributed by atoms with Crippen LogP contribution in [0.5, 0.6) is 0 Å². The molecule has 1 fully saturated rings. The standard InChI is InChI=1S/C21H21ClN2O4/c1-14(15-5-3-2-4-6-15)24-12-16(11-20(24)26)21(27)28-13-19(25)23-18-9-7-17(22)8-10-18/h2-10,14,16H,11-13H2,1H3,(H,23,25)/t14-,16+/m1/s1. The molecular formula is C21H21ClN2O4. The Labute approximate surface area is 168 Å². The Bertz CT molecular complexity index is 854. The lowest BCUT2D eigenvalue weighted by atomic mass is 10.1.